The lowest BCUT2D eigenvalue weighted by Gasteiger charge is -2.30. The van der Waals surface area contributed by atoms with E-state index in [4.69, 9.17) is 0 Å². The van der Waals surface area contributed by atoms with Crippen LogP contribution in [0.25, 0.3) is 0 Å². The van der Waals surface area contributed by atoms with Gasteiger partial charge in [0.1, 0.15) is 0 Å². The van der Waals surface area contributed by atoms with Crippen molar-refractivity contribution < 1.29 is 9.59 Å². The number of anilines is 2. The van der Waals surface area contributed by atoms with Crippen molar-refractivity contribution in [1.82, 2.24) is 0 Å². The van der Waals surface area contributed by atoms with Crippen molar-refractivity contribution in [2.24, 2.45) is 0 Å². The SMILES string of the molecule is O=C(c1cccc(C(=O)N2CCCc3ccccc32)c1)N1CCCc2ccccc21. The second-order valence-electron chi connectivity index (χ2n) is 7.96. The van der Waals surface area contributed by atoms with Gasteiger partial charge in [-0.2, -0.15) is 0 Å². The maximum atomic E-state index is 13.3. The number of carbonyl (C=O) groups is 2. The van der Waals surface area contributed by atoms with Gasteiger partial charge in [0.2, 0.25) is 0 Å². The van der Waals surface area contributed by atoms with Gasteiger partial charge >= 0.3 is 0 Å². The first-order chi connectivity index (χ1) is 14.7. The van der Waals surface area contributed by atoms with Crippen molar-refractivity contribution in [2.75, 3.05) is 22.9 Å². The first-order valence-corrected chi connectivity index (χ1v) is 10.6. The number of amides is 2. The summed E-state index contributed by atoms with van der Waals surface area (Å²) in [5.41, 5.74) is 5.49. The van der Waals surface area contributed by atoms with Crippen molar-refractivity contribution >= 4 is 23.2 Å². The van der Waals surface area contributed by atoms with Gasteiger partial charge in [0, 0.05) is 35.6 Å². The van der Waals surface area contributed by atoms with Crippen molar-refractivity contribution in [3.05, 3.63) is 95.1 Å². The minimum absolute atomic E-state index is 0.0455. The molecular formula is C26H24N2O2. The van der Waals surface area contributed by atoms with Gasteiger partial charge in [-0.3, -0.25) is 9.59 Å². The van der Waals surface area contributed by atoms with E-state index in [0.29, 0.717) is 24.2 Å². The number of carbonyl (C=O) groups excluding carboxylic acids is 2. The molecule has 0 bridgehead atoms. The summed E-state index contributed by atoms with van der Waals surface area (Å²) in [5, 5.41) is 0. The summed E-state index contributed by atoms with van der Waals surface area (Å²) in [7, 11) is 0. The van der Waals surface area contributed by atoms with Crippen LogP contribution in [0, 0.1) is 0 Å². The predicted octanol–water partition coefficient (Wildman–Crippen LogP) is 4.87. The zero-order valence-corrected chi connectivity index (χ0v) is 16.9. The van der Waals surface area contributed by atoms with E-state index in [0.717, 1.165) is 37.1 Å². The summed E-state index contributed by atoms with van der Waals surface area (Å²) in [6, 6.07) is 23.3. The molecule has 0 aliphatic carbocycles. The van der Waals surface area contributed by atoms with Crippen molar-refractivity contribution in [2.45, 2.75) is 25.7 Å². The summed E-state index contributed by atoms with van der Waals surface area (Å²) in [5.74, 6) is -0.0910. The number of aryl methyl sites for hydroxylation is 2. The topological polar surface area (TPSA) is 40.6 Å². The highest BCUT2D eigenvalue weighted by Crippen LogP contribution is 2.30. The van der Waals surface area contributed by atoms with Crippen LogP contribution in [0.15, 0.2) is 72.8 Å². The van der Waals surface area contributed by atoms with Gasteiger partial charge in [-0.05, 0) is 67.1 Å². The molecule has 30 heavy (non-hydrogen) atoms. The third kappa shape index (κ3) is 3.28. The minimum atomic E-state index is -0.0455. The molecule has 0 fully saturated rings. The van der Waals surface area contributed by atoms with E-state index in [1.165, 1.54) is 11.1 Å². The number of fused-ring (bicyclic) bond motifs is 2. The van der Waals surface area contributed by atoms with E-state index in [-0.39, 0.29) is 11.8 Å². The molecule has 150 valence electrons. The highest BCUT2D eigenvalue weighted by molar-refractivity contribution is 6.11. The van der Waals surface area contributed by atoms with Gasteiger partial charge < -0.3 is 9.80 Å². The molecule has 0 N–H and O–H groups in total. The van der Waals surface area contributed by atoms with Gasteiger partial charge in [-0.15, -0.1) is 0 Å². The summed E-state index contributed by atoms with van der Waals surface area (Å²) < 4.78 is 0. The van der Waals surface area contributed by atoms with Crippen molar-refractivity contribution in [3.63, 3.8) is 0 Å². The smallest absolute Gasteiger partial charge is 0.258 e. The normalized spacial score (nSPS) is 15.3. The second kappa shape index (κ2) is 7.79. The van der Waals surface area contributed by atoms with Gasteiger partial charge in [0.15, 0.2) is 0 Å². The molecule has 5 rings (SSSR count). The standard InChI is InChI=1S/C26H24N2O2/c29-25(27-16-6-12-19-8-1-3-14-23(19)27)21-10-5-11-22(18-21)26(30)28-17-7-13-20-9-2-4-15-24(20)28/h1-5,8-11,14-15,18H,6-7,12-13,16-17H2. The lowest BCUT2D eigenvalue weighted by molar-refractivity contribution is 0.0984. The van der Waals surface area contributed by atoms with Crippen LogP contribution in [-0.4, -0.2) is 24.9 Å². The van der Waals surface area contributed by atoms with Crippen LogP contribution < -0.4 is 9.80 Å². The van der Waals surface area contributed by atoms with E-state index in [1.807, 2.05) is 52.3 Å². The van der Waals surface area contributed by atoms with Gasteiger partial charge in [-0.25, -0.2) is 0 Å². The highest BCUT2D eigenvalue weighted by atomic mass is 16.2. The lowest BCUT2D eigenvalue weighted by Crippen LogP contribution is -2.37. The first-order valence-electron chi connectivity index (χ1n) is 10.6. The van der Waals surface area contributed by atoms with E-state index in [9.17, 15) is 9.59 Å². The fraction of sp³-hybridized carbons (Fsp3) is 0.231. The molecule has 4 heteroatoms. The summed E-state index contributed by atoms with van der Waals surface area (Å²) in [6.07, 6.45) is 3.89. The third-order valence-corrected chi connectivity index (χ3v) is 6.07. The van der Waals surface area contributed by atoms with Crippen LogP contribution in [0.4, 0.5) is 11.4 Å². The van der Waals surface area contributed by atoms with E-state index >= 15 is 0 Å². The Morgan fingerprint density at radius 1 is 0.600 bits per heavy atom. The van der Waals surface area contributed by atoms with E-state index in [1.54, 1.807) is 18.2 Å². The fourth-order valence-corrected chi connectivity index (χ4v) is 4.59. The van der Waals surface area contributed by atoms with Crippen molar-refractivity contribution in [1.29, 1.82) is 0 Å². The summed E-state index contributed by atoms with van der Waals surface area (Å²) in [6.45, 7) is 1.40. The van der Waals surface area contributed by atoms with Crippen LogP contribution in [0.5, 0.6) is 0 Å². The molecule has 2 aliphatic heterocycles. The third-order valence-electron chi connectivity index (χ3n) is 6.07. The van der Waals surface area contributed by atoms with Crippen LogP contribution in [0.3, 0.4) is 0 Å². The lowest BCUT2D eigenvalue weighted by atomic mass is 9.99. The average Bonchev–Trinajstić information content (AvgIpc) is 2.82. The van der Waals surface area contributed by atoms with E-state index < -0.39 is 0 Å². The number of hydrogen-bond acceptors (Lipinski definition) is 2. The van der Waals surface area contributed by atoms with Gasteiger partial charge in [-0.1, -0.05) is 42.5 Å². The average molecular weight is 396 g/mol. The Morgan fingerprint density at radius 3 is 1.57 bits per heavy atom. The molecule has 0 atom stereocenters. The number of para-hydroxylation sites is 2. The Bertz CT molecular complexity index is 1040. The quantitative estimate of drug-likeness (QED) is 0.620. The molecule has 0 radical (unpaired) electrons. The van der Waals surface area contributed by atoms with Crippen molar-refractivity contribution in [3.8, 4) is 0 Å². The molecule has 0 saturated heterocycles. The molecule has 4 nitrogen and oxygen atoms in total. The minimum Gasteiger partial charge on any atom is -0.308 e. The Labute approximate surface area is 176 Å². The Morgan fingerprint density at radius 2 is 1.07 bits per heavy atom. The Hall–Kier alpha value is -3.40. The number of benzene rings is 3. The summed E-state index contributed by atoms with van der Waals surface area (Å²) in [4.78, 5) is 30.3. The fourth-order valence-electron chi connectivity index (χ4n) is 4.59. The van der Waals surface area contributed by atoms with Gasteiger partial charge in [0.05, 0.1) is 0 Å². The number of hydrogen-bond donors (Lipinski definition) is 0. The first kappa shape index (κ1) is 18.6. The molecule has 3 aromatic rings. The van der Waals surface area contributed by atoms with Crippen LogP contribution >= 0.6 is 0 Å². The molecule has 0 unspecified atom stereocenters. The van der Waals surface area contributed by atoms with E-state index in [2.05, 4.69) is 12.1 Å². The number of rotatable bonds is 2. The van der Waals surface area contributed by atoms with Crippen LogP contribution in [0.1, 0.15) is 44.7 Å². The van der Waals surface area contributed by atoms with Crippen LogP contribution in [0.2, 0.25) is 0 Å². The molecule has 0 aromatic heterocycles. The zero-order valence-electron chi connectivity index (χ0n) is 16.9. The summed E-state index contributed by atoms with van der Waals surface area (Å²) >= 11 is 0. The second-order valence-corrected chi connectivity index (χ2v) is 7.96. The van der Waals surface area contributed by atoms with Gasteiger partial charge in [0.25, 0.3) is 11.8 Å². The molecule has 0 spiro atoms. The molecule has 2 amide bonds. The van der Waals surface area contributed by atoms with Crippen LogP contribution in [-0.2, 0) is 12.8 Å². The molecule has 2 heterocycles. The molecule has 2 aliphatic rings. The maximum Gasteiger partial charge on any atom is 0.258 e. The number of nitrogens with zero attached hydrogens (tertiary/aromatic N) is 2. The zero-order chi connectivity index (χ0) is 20.5. The Kier molecular flexibility index (Phi) is 4.83. The highest BCUT2D eigenvalue weighted by Gasteiger charge is 2.26. The largest absolute Gasteiger partial charge is 0.308 e. The predicted molar refractivity (Wildman–Crippen MR) is 119 cm³/mol. The molecule has 0 saturated carbocycles. The molecular weight excluding hydrogens is 372 g/mol. The maximum absolute atomic E-state index is 13.3. The molecule has 3 aromatic carbocycles. The monoisotopic (exact) mass is 396 g/mol. The Balaban J connectivity index is 1.44.